The Labute approximate surface area is 453 Å². The van der Waals surface area contributed by atoms with E-state index in [0.29, 0.717) is 0 Å². The van der Waals surface area contributed by atoms with Gasteiger partial charge in [-0.05, 0) is 0 Å². The molecule has 80 heavy (non-hydrogen) atoms. The summed E-state index contributed by atoms with van der Waals surface area (Å²) >= 11 is 0. The van der Waals surface area contributed by atoms with Gasteiger partial charge in [-0.2, -0.15) is 8.42 Å². The number of rotatable bonds is 25. The van der Waals surface area contributed by atoms with E-state index in [-0.39, 0.29) is 0 Å². The van der Waals surface area contributed by atoms with Crippen LogP contribution in [-0.4, -0.2) is 342 Å². The van der Waals surface area contributed by atoms with E-state index < -0.39 is 252 Å². The zero-order valence-electron chi connectivity index (χ0n) is 42.7. The highest BCUT2D eigenvalue weighted by Crippen LogP contribution is 2.35. The van der Waals surface area contributed by atoms with E-state index in [2.05, 4.69) is 20.1 Å². The van der Waals surface area contributed by atoms with Crippen LogP contribution in [0.4, 0.5) is 0 Å². The number of carbonyl (C=O) groups excluding carboxylic acids is 3. The lowest BCUT2D eigenvalue weighted by Crippen LogP contribution is -2.69. The maximum atomic E-state index is 12.5. The molecule has 0 radical (unpaired) electrons. The Kier molecular flexibility index (Phi) is 25.3. The van der Waals surface area contributed by atoms with Gasteiger partial charge < -0.3 is 150 Å². The molecule has 3 amide bonds. The van der Waals surface area contributed by atoms with Crippen LogP contribution in [0.5, 0.6) is 0 Å². The van der Waals surface area contributed by atoms with Crippen molar-refractivity contribution in [3.05, 3.63) is 0 Å². The molecule has 0 aliphatic carbocycles. The van der Waals surface area contributed by atoms with Crippen LogP contribution in [0.2, 0.25) is 0 Å². The van der Waals surface area contributed by atoms with Crippen LogP contribution >= 0.6 is 0 Å². The second kappa shape index (κ2) is 29.8. The zero-order chi connectivity index (χ0) is 59.8. The molecule has 5 heterocycles. The molecule has 0 unspecified atom stereocenters. The number of amides is 3. The van der Waals surface area contributed by atoms with Crippen molar-refractivity contribution in [1.29, 1.82) is 0 Å². The Bertz CT molecular complexity index is 2070. The summed E-state index contributed by atoms with van der Waals surface area (Å²) in [6.07, 6.45) is -52.1. The molecule has 38 heteroatoms. The monoisotopic (exact) mass is 1200 g/mol. The number of nitrogens with one attached hydrogen (secondary N) is 3. The first-order valence-electron chi connectivity index (χ1n) is 24.7. The Morgan fingerprint density at radius 3 is 1.46 bits per heavy atom. The molecule has 0 aromatic carbocycles. The fourth-order valence-electron chi connectivity index (χ4n) is 9.36. The summed E-state index contributed by atoms with van der Waals surface area (Å²) in [4.78, 5) is 37.4. The number of aliphatic hydroxyl groups is 17. The minimum absolute atomic E-state index is 0.832. The van der Waals surface area contributed by atoms with Crippen molar-refractivity contribution in [3.63, 3.8) is 0 Å². The lowest BCUT2D eigenvalue weighted by atomic mass is 9.94. The predicted octanol–water partition coefficient (Wildman–Crippen LogP) is -14.2. The van der Waals surface area contributed by atoms with Crippen LogP contribution in [0.1, 0.15) is 20.8 Å². The highest BCUT2D eigenvalue weighted by Gasteiger charge is 2.56. The number of aliphatic hydroxyl groups excluding tert-OH is 17. The quantitative estimate of drug-likeness (QED) is 0.0378. The summed E-state index contributed by atoms with van der Waals surface area (Å²) in [5.41, 5.74) is 0. The number of carbonyl (C=O) groups is 3. The van der Waals surface area contributed by atoms with Crippen LogP contribution in [0, 0.1) is 0 Å². The van der Waals surface area contributed by atoms with Gasteiger partial charge in [0.25, 0.3) is 0 Å². The van der Waals surface area contributed by atoms with E-state index in [1.165, 1.54) is 0 Å². The number of hydrogen-bond acceptors (Lipinski definition) is 33. The fourth-order valence-corrected chi connectivity index (χ4v) is 9.67. The van der Waals surface area contributed by atoms with Gasteiger partial charge in [0.05, 0.1) is 52.3 Å². The van der Waals surface area contributed by atoms with Crippen LogP contribution in [0.3, 0.4) is 0 Å². The number of ether oxygens (including phenoxy) is 10. The summed E-state index contributed by atoms with van der Waals surface area (Å²) < 4.78 is 92.3. The first-order valence-corrected chi connectivity index (χ1v) is 26.0. The van der Waals surface area contributed by atoms with Gasteiger partial charge in [0.2, 0.25) is 17.7 Å². The van der Waals surface area contributed by atoms with Gasteiger partial charge in [-0.15, -0.1) is 0 Å². The van der Waals surface area contributed by atoms with E-state index in [4.69, 9.17) is 51.9 Å². The lowest BCUT2D eigenvalue weighted by Gasteiger charge is -2.49. The zero-order valence-corrected chi connectivity index (χ0v) is 43.5. The Morgan fingerprint density at radius 1 is 0.500 bits per heavy atom. The van der Waals surface area contributed by atoms with E-state index in [9.17, 15) is 110 Å². The summed E-state index contributed by atoms with van der Waals surface area (Å²) in [5.74, 6) is -2.62. The molecule has 5 aliphatic heterocycles. The maximum Gasteiger partial charge on any atom is 0.397 e. The van der Waals surface area contributed by atoms with Crippen LogP contribution in [0.25, 0.3) is 0 Å². The Hall–Kier alpha value is -2.80. The third-order valence-corrected chi connectivity index (χ3v) is 13.9. The van der Waals surface area contributed by atoms with Gasteiger partial charge in [0, 0.05) is 20.8 Å². The summed E-state index contributed by atoms with van der Waals surface area (Å²) in [7, 11) is -5.13. The molecular weight excluding hydrogens is 1120 g/mol. The van der Waals surface area contributed by atoms with Gasteiger partial charge in [-0.3, -0.25) is 18.9 Å². The second-order valence-electron chi connectivity index (χ2n) is 19.3. The van der Waals surface area contributed by atoms with Crippen molar-refractivity contribution in [2.45, 2.75) is 199 Å². The first-order chi connectivity index (χ1) is 37.5. The molecule has 0 aromatic rings. The topological polar surface area (TPSA) is 587 Å². The highest BCUT2D eigenvalue weighted by atomic mass is 32.3. The van der Waals surface area contributed by atoms with E-state index in [0.717, 1.165) is 20.8 Å². The molecule has 466 valence electrons. The minimum atomic E-state index is -5.13. The molecule has 37 nitrogen and oxygen atoms in total. The fraction of sp³-hybridized carbons (Fsp3) is 0.929. The van der Waals surface area contributed by atoms with Crippen LogP contribution in [0.15, 0.2) is 0 Å². The van der Waals surface area contributed by atoms with E-state index in [1.54, 1.807) is 0 Å². The molecule has 0 aromatic heterocycles. The average molecular weight is 1200 g/mol. The van der Waals surface area contributed by atoms with E-state index >= 15 is 0 Å². The number of hydrogen-bond donors (Lipinski definition) is 21. The molecule has 5 fully saturated rings. The van der Waals surface area contributed by atoms with Gasteiger partial charge in [-0.25, -0.2) is 4.18 Å². The predicted molar refractivity (Wildman–Crippen MR) is 247 cm³/mol. The molecule has 5 saturated heterocycles. The molecule has 0 saturated carbocycles. The maximum absolute atomic E-state index is 12.5. The Balaban J connectivity index is 1.38. The van der Waals surface area contributed by atoms with Crippen molar-refractivity contribution >= 4 is 28.1 Å². The molecule has 29 atom stereocenters. The molecular formula is C42H73N3O34S. The molecule has 5 rings (SSSR count). The van der Waals surface area contributed by atoms with Gasteiger partial charge in [0.1, 0.15) is 140 Å². The van der Waals surface area contributed by atoms with Crippen molar-refractivity contribution in [2.75, 3.05) is 46.2 Å². The summed E-state index contributed by atoms with van der Waals surface area (Å²) in [6.45, 7) is -4.50. The molecule has 5 aliphatic rings. The van der Waals surface area contributed by atoms with Gasteiger partial charge in [0.15, 0.2) is 31.5 Å². The second-order valence-corrected chi connectivity index (χ2v) is 20.4. The van der Waals surface area contributed by atoms with Crippen molar-refractivity contribution in [2.24, 2.45) is 0 Å². The molecule has 21 N–H and O–H groups in total. The first kappa shape index (κ1) is 68.0. The summed E-state index contributed by atoms with van der Waals surface area (Å²) in [5, 5.41) is 190. The van der Waals surface area contributed by atoms with Crippen molar-refractivity contribution in [1.82, 2.24) is 16.0 Å². The van der Waals surface area contributed by atoms with Crippen LogP contribution < -0.4 is 16.0 Å². The molecule has 0 spiro atoms. The smallest absolute Gasteiger partial charge is 0.394 e. The third-order valence-electron chi connectivity index (χ3n) is 13.5. The largest absolute Gasteiger partial charge is 0.397 e. The van der Waals surface area contributed by atoms with E-state index in [1.807, 2.05) is 0 Å². The summed E-state index contributed by atoms with van der Waals surface area (Å²) in [6, 6.07) is -5.29. The minimum Gasteiger partial charge on any atom is -0.394 e. The SMILES string of the molecule is CC(=O)N[C@H]1[C@H](O[C@H]2[C@@H](O)[C@@H](CO)O[C@@H](O[C@@H]([C@@H](O)[C@H](O)CO[C@@H]3O[C@H](CO)[C@@H](O)[C@H](O[C@@H]4O[C@H](CO)[C@H](O)[C@H](O)[C@H]4O)[C@H]3NC(C)=O)[C@H](CO)NC(C)=O)[C@@H]2O)O[C@H](CO)[C@@H](O[C@@H]2O[C@H](COS(=O)(=O)O)[C@H](O)[C@H](O)[C@H]2O)[C@@H]1O. The highest BCUT2D eigenvalue weighted by molar-refractivity contribution is 7.80. The average Bonchev–Trinajstić information content (AvgIpc) is 3.40. The standard InChI is InChI=1S/C42H73N3O34S/c1-11(51)43-14(4-46)34(23(55)15(54)9-69-38-22(45-13(3)53)36(26(58)17(6-48)71-38)78-40-31(63)29(61)24(56)16(5-47)72-40)76-42-33(65)37(27(59)18(7-49)73-42)79-39-21(44-12(2)52)28(60)35(19(8-50)74-39)77-41-32(64)30(62)25(57)20(75-41)10-70-80(66,67)68/h14-42,46-50,54-65H,4-10H2,1-3H3,(H,43,51)(H,44,52)(H,45,53)(H,66,67,68)/t14-,15+,16+,17+,18+,19+,20+,21+,22+,23-,24-,25-,26+,27-,28+,29-,30-,31+,32+,33+,34+,35+,36+,37-,38+,39-,40-,41-,42-/m0/s1. The van der Waals surface area contributed by atoms with Crippen LogP contribution in [-0.2, 0) is 76.3 Å². The lowest BCUT2D eigenvalue weighted by molar-refractivity contribution is -0.371. The van der Waals surface area contributed by atoms with Gasteiger partial charge in [-0.1, -0.05) is 0 Å². The van der Waals surface area contributed by atoms with Crippen molar-refractivity contribution < 1.29 is 166 Å². The third kappa shape index (κ3) is 16.5. The van der Waals surface area contributed by atoms with Gasteiger partial charge >= 0.3 is 10.4 Å². The Morgan fingerprint density at radius 2 is 0.950 bits per heavy atom. The van der Waals surface area contributed by atoms with Crippen molar-refractivity contribution in [3.8, 4) is 0 Å². The molecule has 0 bridgehead atoms. The normalized spacial score (nSPS) is 42.4.